The molecule has 0 unspecified atom stereocenters. The molecule has 0 aromatic heterocycles. The van der Waals surface area contributed by atoms with Crippen LogP contribution in [-0.2, 0) is 0 Å². The highest BCUT2D eigenvalue weighted by Gasteiger charge is 2.20. The van der Waals surface area contributed by atoms with Gasteiger partial charge in [0.2, 0.25) is 0 Å². The molecule has 0 spiro atoms. The van der Waals surface area contributed by atoms with Crippen molar-refractivity contribution in [1.29, 1.82) is 0 Å². The lowest BCUT2D eigenvalue weighted by Crippen LogP contribution is -2.11. The topological polar surface area (TPSA) is 89.4 Å². The highest BCUT2D eigenvalue weighted by atomic mass is 19.1. The summed E-state index contributed by atoms with van der Waals surface area (Å²) in [6, 6.07) is 1.01. The summed E-state index contributed by atoms with van der Waals surface area (Å²) in [5.41, 5.74) is 6.04. The van der Waals surface area contributed by atoms with Gasteiger partial charge in [-0.05, 0) is 13.3 Å². The minimum absolute atomic E-state index is 0.0136. The van der Waals surface area contributed by atoms with E-state index in [0.29, 0.717) is 12.5 Å². The lowest BCUT2D eigenvalue weighted by atomic mass is 9.99. The van der Waals surface area contributed by atoms with E-state index in [4.69, 9.17) is 5.73 Å². The van der Waals surface area contributed by atoms with Gasteiger partial charge in [0.1, 0.15) is 0 Å². The van der Waals surface area contributed by atoms with E-state index in [1.807, 2.05) is 0 Å². The summed E-state index contributed by atoms with van der Waals surface area (Å²) < 4.78 is 13.3. The lowest BCUT2D eigenvalue weighted by Gasteiger charge is -2.13. The molecule has 0 aliphatic rings. The SMILES string of the molecule is C=C(C)C[C@H](N)c1cc([N+](=O)[O-])cc(F)c1O. The first-order valence-electron chi connectivity index (χ1n) is 4.89. The number of phenolic OH excluding ortho intramolecular Hbond substituents is 1. The largest absolute Gasteiger partial charge is 0.505 e. The van der Waals surface area contributed by atoms with E-state index in [2.05, 4.69) is 6.58 Å². The Bertz CT molecular complexity index is 474. The van der Waals surface area contributed by atoms with Crippen molar-refractivity contribution in [2.45, 2.75) is 19.4 Å². The molecule has 3 N–H and O–H groups in total. The van der Waals surface area contributed by atoms with Crippen LogP contribution in [0.5, 0.6) is 5.75 Å². The second-order valence-corrected chi connectivity index (χ2v) is 3.89. The van der Waals surface area contributed by atoms with Crippen LogP contribution in [0.2, 0.25) is 0 Å². The predicted octanol–water partition coefficient (Wildman–Crippen LogP) is 2.41. The van der Waals surface area contributed by atoms with Crippen LogP contribution in [0.3, 0.4) is 0 Å². The van der Waals surface area contributed by atoms with Gasteiger partial charge >= 0.3 is 0 Å². The summed E-state index contributed by atoms with van der Waals surface area (Å²) in [6.07, 6.45) is 0.314. The number of non-ortho nitro benzene ring substituents is 1. The van der Waals surface area contributed by atoms with Crippen molar-refractivity contribution in [3.05, 3.63) is 45.8 Å². The molecule has 0 fully saturated rings. The molecule has 0 saturated heterocycles. The molecule has 0 aliphatic heterocycles. The number of nitro benzene ring substituents is 1. The average molecular weight is 240 g/mol. The standard InChI is InChI=1S/C11H13FN2O3/c1-6(2)3-10(13)8-4-7(14(16)17)5-9(12)11(8)15/h4-5,10,15H,1,3,13H2,2H3/t10-/m0/s1. The first-order valence-corrected chi connectivity index (χ1v) is 4.89. The first-order chi connectivity index (χ1) is 7.82. The molecule has 0 bridgehead atoms. The number of rotatable bonds is 4. The first kappa shape index (κ1) is 13.1. The Labute approximate surface area is 97.5 Å². The third-order valence-corrected chi connectivity index (χ3v) is 2.26. The third kappa shape index (κ3) is 3.01. The minimum Gasteiger partial charge on any atom is -0.505 e. The van der Waals surface area contributed by atoms with E-state index < -0.39 is 28.2 Å². The van der Waals surface area contributed by atoms with Gasteiger partial charge < -0.3 is 10.8 Å². The number of nitro groups is 1. The van der Waals surface area contributed by atoms with Gasteiger partial charge in [0.25, 0.3) is 5.69 Å². The zero-order valence-corrected chi connectivity index (χ0v) is 9.31. The summed E-state index contributed by atoms with van der Waals surface area (Å²) in [7, 11) is 0. The molecule has 17 heavy (non-hydrogen) atoms. The van der Waals surface area contributed by atoms with E-state index in [-0.39, 0.29) is 5.56 Å². The van der Waals surface area contributed by atoms with Crippen molar-refractivity contribution in [3.8, 4) is 5.75 Å². The van der Waals surface area contributed by atoms with E-state index in [9.17, 15) is 19.6 Å². The second-order valence-electron chi connectivity index (χ2n) is 3.89. The molecule has 0 saturated carbocycles. The Morgan fingerprint density at radius 2 is 2.29 bits per heavy atom. The van der Waals surface area contributed by atoms with Crippen LogP contribution in [0, 0.1) is 15.9 Å². The summed E-state index contributed by atoms with van der Waals surface area (Å²) in [5, 5.41) is 20.0. The Kier molecular flexibility index (Phi) is 3.80. The number of hydrogen-bond donors (Lipinski definition) is 2. The molecular weight excluding hydrogens is 227 g/mol. The molecule has 0 aliphatic carbocycles. The van der Waals surface area contributed by atoms with Gasteiger partial charge in [-0.25, -0.2) is 4.39 Å². The van der Waals surface area contributed by atoms with Crippen LogP contribution < -0.4 is 5.73 Å². The number of benzene rings is 1. The summed E-state index contributed by atoms with van der Waals surface area (Å²) in [4.78, 5) is 9.82. The van der Waals surface area contributed by atoms with Gasteiger partial charge in [0.05, 0.1) is 11.0 Å². The van der Waals surface area contributed by atoms with Crippen LogP contribution in [0.15, 0.2) is 24.3 Å². The summed E-state index contributed by atoms with van der Waals surface area (Å²) in [6.45, 7) is 5.37. The molecule has 0 radical (unpaired) electrons. The monoisotopic (exact) mass is 240 g/mol. The molecular formula is C11H13FN2O3. The van der Waals surface area contributed by atoms with Crippen LogP contribution in [0.25, 0.3) is 0 Å². The van der Waals surface area contributed by atoms with Gasteiger partial charge in [0.15, 0.2) is 11.6 Å². The van der Waals surface area contributed by atoms with Crippen LogP contribution >= 0.6 is 0 Å². The number of nitrogens with zero attached hydrogens (tertiary/aromatic N) is 1. The molecule has 0 heterocycles. The van der Waals surface area contributed by atoms with E-state index >= 15 is 0 Å². The predicted molar refractivity (Wildman–Crippen MR) is 61.1 cm³/mol. The Morgan fingerprint density at radius 3 is 2.76 bits per heavy atom. The zero-order valence-electron chi connectivity index (χ0n) is 9.31. The molecule has 6 heteroatoms. The third-order valence-electron chi connectivity index (χ3n) is 2.26. The van der Waals surface area contributed by atoms with E-state index in [0.717, 1.165) is 11.6 Å². The van der Waals surface area contributed by atoms with Gasteiger partial charge in [-0.15, -0.1) is 6.58 Å². The second kappa shape index (κ2) is 4.92. The smallest absolute Gasteiger partial charge is 0.272 e. The minimum atomic E-state index is -1.05. The molecule has 1 atom stereocenters. The van der Waals surface area contributed by atoms with Crippen molar-refractivity contribution < 1.29 is 14.4 Å². The van der Waals surface area contributed by atoms with Crippen molar-refractivity contribution in [2.24, 2.45) is 5.73 Å². The van der Waals surface area contributed by atoms with Crippen LogP contribution in [-0.4, -0.2) is 10.0 Å². The summed E-state index contributed by atoms with van der Waals surface area (Å²) in [5.74, 6) is -1.70. The number of nitrogens with two attached hydrogens (primary N) is 1. The normalized spacial score (nSPS) is 12.2. The molecule has 1 aromatic rings. The maximum absolute atomic E-state index is 13.3. The number of aromatic hydroxyl groups is 1. The molecule has 5 nitrogen and oxygen atoms in total. The van der Waals surface area contributed by atoms with Crippen LogP contribution in [0.1, 0.15) is 24.9 Å². The van der Waals surface area contributed by atoms with Gasteiger partial charge in [0, 0.05) is 17.7 Å². The zero-order chi connectivity index (χ0) is 13.2. The maximum atomic E-state index is 13.3. The van der Waals surface area contributed by atoms with E-state index in [1.165, 1.54) is 0 Å². The van der Waals surface area contributed by atoms with Gasteiger partial charge in [-0.1, -0.05) is 5.57 Å². The number of phenols is 1. The van der Waals surface area contributed by atoms with Crippen molar-refractivity contribution in [3.63, 3.8) is 0 Å². The van der Waals surface area contributed by atoms with E-state index in [1.54, 1.807) is 6.92 Å². The highest BCUT2D eigenvalue weighted by molar-refractivity contribution is 5.46. The van der Waals surface area contributed by atoms with Crippen molar-refractivity contribution in [1.82, 2.24) is 0 Å². The fourth-order valence-electron chi connectivity index (χ4n) is 1.48. The van der Waals surface area contributed by atoms with Gasteiger partial charge in [-0.2, -0.15) is 0 Å². The Balaban J connectivity index is 3.22. The average Bonchev–Trinajstić information content (AvgIpc) is 2.20. The maximum Gasteiger partial charge on any atom is 0.272 e. The summed E-state index contributed by atoms with van der Waals surface area (Å²) >= 11 is 0. The Morgan fingerprint density at radius 1 is 1.71 bits per heavy atom. The quantitative estimate of drug-likeness (QED) is 0.480. The van der Waals surface area contributed by atoms with Crippen molar-refractivity contribution >= 4 is 5.69 Å². The fraction of sp³-hybridized carbons (Fsp3) is 0.273. The van der Waals surface area contributed by atoms with Crippen molar-refractivity contribution in [2.75, 3.05) is 0 Å². The molecule has 1 rings (SSSR count). The Hall–Kier alpha value is -1.95. The molecule has 92 valence electrons. The van der Waals surface area contributed by atoms with Gasteiger partial charge in [-0.3, -0.25) is 10.1 Å². The highest BCUT2D eigenvalue weighted by Crippen LogP contribution is 2.32. The molecule has 0 amide bonds. The number of hydrogen-bond acceptors (Lipinski definition) is 4. The lowest BCUT2D eigenvalue weighted by molar-refractivity contribution is -0.385. The fourth-order valence-corrected chi connectivity index (χ4v) is 1.48. The molecule has 1 aromatic carbocycles. The number of halogens is 1. The van der Waals surface area contributed by atoms with Crippen LogP contribution in [0.4, 0.5) is 10.1 Å².